The molecule has 1 aliphatic rings. The van der Waals surface area contributed by atoms with Gasteiger partial charge in [0.25, 0.3) is 5.91 Å². The molecular weight excluding hydrogens is 370 g/mol. The number of aliphatic hydroxyl groups excluding tert-OH is 3. The minimum Gasteiger partial charge on any atom is -0.394 e. The van der Waals surface area contributed by atoms with Gasteiger partial charge in [-0.05, 0) is 26.0 Å². The van der Waals surface area contributed by atoms with Crippen LogP contribution in [0.4, 0.5) is 5.82 Å². The maximum absolute atomic E-state index is 12.4. The number of nitrogens with one attached hydrogen (secondary N) is 1. The minimum atomic E-state index is -1.96. The van der Waals surface area contributed by atoms with Crippen LogP contribution in [0.15, 0.2) is 18.5 Å². The molecule has 0 bridgehead atoms. The van der Waals surface area contributed by atoms with Crippen LogP contribution in [0.5, 0.6) is 0 Å². The Morgan fingerprint density at radius 2 is 2.21 bits per heavy atom. The number of rotatable bonds is 5. The molecule has 2 aromatic heterocycles. The summed E-state index contributed by atoms with van der Waals surface area (Å²) in [6, 6.07) is 4.89. The second-order valence-electron chi connectivity index (χ2n) is 6.91. The van der Waals surface area contributed by atoms with E-state index in [1.54, 1.807) is 19.9 Å². The zero-order valence-electron chi connectivity index (χ0n) is 15.5. The number of carbonyl (C=O) groups excluding carboxylic acids is 1. The molecule has 0 aromatic carbocycles. The van der Waals surface area contributed by atoms with Crippen LogP contribution in [0.2, 0.25) is 0 Å². The fourth-order valence-corrected chi connectivity index (χ4v) is 2.99. The number of aromatic nitrogens is 3. The average molecular weight is 391 g/mol. The Morgan fingerprint density at radius 1 is 1.50 bits per heavy atom. The number of aliphatic hydroxyl groups is 3. The third kappa shape index (κ3) is 2.92. The predicted octanol–water partition coefficient (Wildman–Crippen LogP) is -1.08. The first-order chi connectivity index (χ1) is 13.2. The number of amides is 1. The average Bonchev–Trinajstić information content (AvgIpc) is 3.23. The van der Waals surface area contributed by atoms with Gasteiger partial charge in [-0.15, -0.1) is 0 Å². The molecule has 11 nitrogen and oxygen atoms in total. The van der Waals surface area contributed by atoms with Crippen LogP contribution in [0.1, 0.15) is 19.5 Å². The van der Waals surface area contributed by atoms with E-state index in [1.165, 1.54) is 17.7 Å². The Bertz CT molecular complexity index is 938. The lowest BCUT2D eigenvalue weighted by Crippen LogP contribution is -2.41. The van der Waals surface area contributed by atoms with E-state index in [4.69, 9.17) is 9.47 Å². The van der Waals surface area contributed by atoms with Crippen molar-refractivity contribution >= 4 is 17.2 Å². The van der Waals surface area contributed by atoms with Gasteiger partial charge in [0, 0.05) is 7.11 Å². The summed E-state index contributed by atoms with van der Waals surface area (Å²) < 4.78 is 11.9. The number of methoxy groups -OCH3 is 1. The van der Waals surface area contributed by atoms with Crippen molar-refractivity contribution in [3.63, 3.8) is 0 Å². The maximum Gasteiger partial charge on any atom is 0.257 e. The summed E-state index contributed by atoms with van der Waals surface area (Å²) in [5, 5.41) is 46.3. The number of nitriles is 1. The quantitative estimate of drug-likeness (QED) is 0.497. The molecule has 11 heteroatoms. The van der Waals surface area contributed by atoms with E-state index >= 15 is 0 Å². The van der Waals surface area contributed by atoms with Crippen molar-refractivity contribution < 1.29 is 29.6 Å². The summed E-state index contributed by atoms with van der Waals surface area (Å²) >= 11 is 0. The number of anilines is 1. The molecule has 0 spiro atoms. The highest BCUT2D eigenvalue weighted by Gasteiger charge is 2.57. The molecule has 28 heavy (non-hydrogen) atoms. The first-order valence-electron chi connectivity index (χ1n) is 8.47. The molecule has 3 heterocycles. The van der Waals surface area contributed by atoms with E-state index in [0.717, 1.165) is 6.33 Å². The van der Waals surface area contributed by atoms with Crippen LogP contribution in [0.25, 0.3) is 5.52 Å². The molecular formula is C17H21N5O6. The topological polar surface area (TPSA) is 162 Å². The van der Waals surface area contributed by atoms with Gasteiger partial charge < -0.3 is 30.1 Å². The van der Waals surface area contributed by atoms with E-state index in [-0.39, 0.29) is 11.5 Å². The Hall–Kier alpha value is -2.62. The molecule has 4 N–H and O–H groups in total. The second kappa shape index (κ2) is 7.08. The summed E-state index contributed by atoms with van der Waals surface area (Å²) in [5.74, 6) is -0.280. The number of hydrogen-bond donors (Lipinski definition) is 4. The first-order valence-corrected chi connectivity index (χ1v) is 8.47. The van der Waals surface area contributed by atoms with Gasteiger partial charge in [-0.2, -0.15) is 10.4 Å². The van der Waals surface area contributed by atoms with Crippen LogP contribution in [-0.4, -0.2) is 73.5 Å². The number of carbonyl (C=O) groups is 1. The van der Waals surface area contributed by atoms with Gasteiger partial charge in [0.2, 0.25) is 5.60 Å². The number of nitrogens with zero attached hydrogens (tertiary/aromatic N) is 4. The number of ether oxygens (including phenoxy) is 2. The van der Waals surface area contributed by atoms with Crippen molar-refractivity contribution in [2.24, 2.45) is 0 Å². The van der Waals surface area contributed by atoms with Crippen LogP contribution in [-0.2, 0) is 19.9 Å². The number of fused-ring (bicyclic) bond motifs is 1. The molecule has 4 atom stereocenters. The molecule has 1 amide bonds. The normalized spacial score (nSPS) is 27.7. The van der Waals surface area contributed by atoms with E-state index in [2.05, 4.69) is 15.4 Å². The number of hydrogen-bond acceptors (Lipinski definition) is 9. The van der Waals surface area contributed by atoms with E-state index in [9.17, 15) is 25.4 Å². The van der Waals surface area contributed by atoms with Crippen molar-refractivity contribution in [3.05, 3.63) is 24.2 Å². The van der Waals surface area contributed by atoms with Crippen molar-refractivity contribution in [1.82, 2.24) is 14.6 Å². The maximum atomic E-state index is 12.4. The third-order valence-electron chi connectivity index (χ3n) is 4.93. The molecule has 150 valence electrons. The summed E-state index contributed by atoms with van der Waals surface area (Å²) in [7, 11) is 1.41. The van der Waals surface area contributed by atoms with Gasteiger partial charge in [0.05, 0.1) is 12.3 Å². The SMILES string of the molecule is COC(C)(C)C(=O)Nc1ncnn2c([C@]3(C#N)O[C@H](CO)[C@@H](O)[C@H]3O)ccc12. The van der Waals surface area contributed by atoms with Gasteiger partial charge in [-0.3, -0.25) is 4.79 Å². The molecule has 3 rings (SSSR count). The van der Waals surface area contributed by atoms with Crippen molar-refractivity contribution in [2.75, 3.05) is 19.0 Å². The zero-order valence-corrected chi connectivity index (χ0v) is 15.5. The predicted molar refractivity (Wildman–Crippen MR) is 94.0 cm³/mol. The second-order valence-corrected chi connectivity index (χ2v) is 6.91. The fourth-order valence-electron chi connectivity index (χ4n) is 2.99. The lowest BCUT2D eigenvalue weighted by atomic mass is 9.92. The Kier molecular flexibility index (Phi) is 5.09. The molecule has 0 unspecified atom stereocenters. The van der Waals surface area contributed by atoms with Gasteiger partial charge in [0.1, 0.15) is 41.8 Å². The largest absolute Gasteiger partial charge is 0.394 e. The standard InChI is InChI=1S/C17H21N5O6/c1-16(2,27-3)15(26)21-14-9-4-5-11(22(9)20-8-19-14)17(7-18)13(25)12(24)10(6-23)28-17/h4-5,8,10,12-13,23-25H,6H2,1-3H3,(H,19,20,21,26)/t10-,12-,13-,17+/m1/s1. The summed E-state index contributed by atoms with van der Waals surface area (Å²) in [5.41, 5.74) is -2.60. The molecule has 0 aliphatic carbocycles. The van der Waals surface area contributed by atoms with Crippen LogP contribution in [0, 0.1) is 11.3 Å². The summed E-state index contributed by atoms with van der Waals surface area (Å²) in [4.78, 5) is 16.4. The molecule has 1 fully saturated rings. The minimum absolute atomic E-state index is 0.122. The first kappa shape index (κ1) is 20.1. The molecule has 2 aromatic rings. The van der Waals surface area contributed by atoms with Crippen LogP contribution in [0.3, 0.4) is 0 Å². The highest BCUT2D eigenvalue weighted by molar-refractivity contribution is 5.98. The summed E-state index contributed by atoms with van der Waals surface area (Å²) in [6.07, 6.45) is -3.05. The smallest absolute Gasteiger partial charge is 0.257 e. The highest BCUT2D eigenvalue weighted by Crippen LogP contribution is 2.40. The third-order valence-corrected chi connectivity index (χ3v) is 4.93. The van der Waals surface area contributed by atoms with Crippen LogP contribution >= 0.6 is 0 Å². The van der Waals surface area contributed by atoms with E-state index in [1.807, 2.05) is 6.07 Å². The zero-order chi connectivity index (χ0) is 20.7. The molecule has 1 saturated heterocycles. The Morgan fingerprint density at radius 3 is 2.79 bits per heavy atom. The van der Waals surface area contributed by atoms with Crippen molar-refractivity contribution in [2.45, 2.75) is 43.4 Å². The highest BCUT2D eigenvalue weighted by atomic mass is 16.6. The van der Waals surface area contributed by atoms with Gasteiger partial charge in [-0.1, -0.05) is 0 Å². The lowest BCUT2D eigenvalue weighted by Gasteiger charge is -2.24. The van der Waals surface area contributed by atoms with Crippen molar-refractivity contribution in [1.29, 1.82) is 5.26 Å². The van der Waals surface area contributed by atoms with Gasteiger partial charge in [0.15, 0.2) is 5.82 Å². The van der Waals surface area contributed by atoms with Gasteiger partial charge in [-0.25, -0.2) is 9.50 Å². The summed E-state index contributed by atoms with van der Waals surface area (Å²) in [6.45, 7) is 2.61. The van der Waals surface area contributed by atoms with E-state index in [0.29, 0.717) is 5.52 Å². The lowest BCUT2D eigenvalue weighted by molar-refractivity contribution is -0.133. The molecule has 0 radical (unpaired) electrons. The Labute approximate surface area is 160 Å². The molecule has 0 saturated carbocycles. The molecule has 1 aliphatic heterocycles. The van der Waals surface area contributed by atoms with Crippen molar-refractivity contribution in [3.8, 4) is 6.07 Å². The monoisotopic (exact) mass is 391 g/mol. The van der Waals surface area contributed by atoms with Gasteiger partial charge >= 0.3 is 0 Å². The van der Waals surface area contributed by atoms with Crippen LogP contribution < -0.4 is 5.32 Å². The fraction of sp³-hybridized carbons (Fsp3) is 0.529. The van der Waals surface area contributed by atoms with E-state index < -0.39 is 42.0 Å². The Balaban J connectivity index is 2.06.